The maximum Gasteiger partial charge on any atom is 0.305 e. The minimum absolute atomic E-state index is 0.0160. The summed E-state index contributed by atoms with van der Waals surface area (Å²) in [5.41, 5.74) is 0. The summed E-state index contributed by atoms with van der Waals surface area (Å²) in [4.78, 5) is 23.4. The Hall–Kier alpha value is -1.01. The number of rotatable bonds is 8. The molecule has 1 unspecified atom stereocenters. The van der Waals surface area contributed by atoms with E-state index >= 15 is 0 Å². The van der Waals surface area contributed by atoms with Crippen LogP contribution in [-0.4, -0.2) is 28.8 Å². The highest BCUT2D eigenvalue weighted by Crippen LogP contribution is 2.16. The smallest absolute Gasteiger partial charge is 0.305 e. The standard InChI is InChI=1S/C12H17NO3S2/c1-2-9(6-12(15)16)13-11(14)8-17-7-10-4-3-5-18-10/h3-5,9H,2,6-8H2,1H3,(H,13,14)(H,15,16). The summed E-state index contributed by atoms with van der Waals surface area (Å²) in [7, 11) is 0. The summed E-state index contributed by atoms with van der Waals surface area (Å²) in [6.07, 6.45) is 0.617. The summed E-state index contributed by atoms with van der Waals surface area (Å²) < 4.78 is 0. The quantitative estimate of drug-likeness (QED) is 0.770. The molecule has 1 atom stereocenters. The zero-order chi connectivity index (χ0) is 13.4. The van der Waals surface area contributed by atoms with E-state index in [1.807, 2.05) is 24.4 Å². The summed E-state index contributed by atoms with van der Waals surface area (Å²) in [6.45, 7) is 1.87. The molecule has 1 heterocycles. The molecular formula is C12H17NO3S2. The second-order valence-corrected chi connectivity index (χ2v) is 5.86. The number of carboxylic acid groups (broad SMARTS) is 1. The first kappa shape index (κ1) is 15.0. The SMILES string of the molecule is CCC(CC(=O)O)NC(=O)CSCc1cccs1. The molecular weight excluding hydrogens is 270 g/mol. The topological polar surface area (TPSA) is 66.4 Å². The Labute approximate surface area is 115 Å². The van der Waals surface area contributed by atoms with Crippen LogP contribution in [0.1, 0.15) is 24.6 Å². The molecule has 0 fully saturated rings. The van der Waals surface area contributed by atoms with Crippen molar-refractivity contribution in [2.75, 3.05) is 5.75 Å². The molecule has 0 saturated heterocycles. The van der Waals surface area contributed by atoms with Gasteiger partial charge in [-0.25, -0.2) is 0 Å². The minimum atomic E-state index is -0.881. The third-order valence-electron chi connectivity index (χ3n) is 2.34. The fraction of sp³-hybridized carbons (Fsp3) is 0.500. The second kappa shape index (κ2) is 8.16. The monoisotopic (exact) mass is 287 g/mol. The van der Waals surface area contributed by atoms with E-state index in [1.165, 1.54) is 4.88 Å². The molecule has 1 aromatic rings. The number of thiophene rings is 1. The third-order valence-corrected chi connectivity index (χ3v) is 4.38. The van der Waals surface area contributed by atoms with Crippen LogP contribution in [0.2, 0.25) is 0 Å². The maximum absolute atomic E-state index is 11.6. The van der Waals surface area contributed by atoms with Gasteiger partial charge in [-0.1, -0.05) is 13.0 Å². The fourth-order valence-electron chi connectivity index (χ4n) is 1.42. The van der Waals surface area contributed by atoms with E-state index in [0.29, 0.717) is 12.2 Å². The lowest BCUT2D eigenvalue weighted by atomic mass is 10.1. The van der Waals surface area contributed by atoms with E-state index in [9.17, 15) is 9.59 Å². The number of amides is 1. The van der Waals surface area contributed by atoms with Gasteiger partial charge in [-0.2, -0.15) is 0 Å². The molecule has 0 aliphatic carbocycles. The van der Waals surface area contributed by atoms with Crippen molar-refractivity contribution in [3.63, 3.8) is 0 Å². The maximum atomic E-state index is 11.6. The van der Waals surface area contributed by atoms with Crippen LogP contribution >= 0.6 is 23.1 Å². The predicted molar refractivity (Wildman–Crippen MR) is 75.0 cm³/mol. The van der Waals surface area contributed by atoms with Gasteiger partial charge in [0.2, 0.25) is 5.91 Å². The van der Waals surface area contributed by atoms with Crippen molar-refractivity contribution in [2.24, 2.45) is 0 Å². The molecule has 0 aliphatic rings. The summed E-state index contributed by atoms with van der Waals surface area (Å²) >= 11 is 3.21. The largest absolute Gasteiger partial charge is 0.481 e. The predicted octanol–water partition coefficient (Wildman–Crippen LogP) is 2.35. The molecule has 0 saturated carbocycles. The Morgan fingerprint density at radius 1 is 1.56 bits per heavy atom. The second-order valence-electron chi connectivity index (χ2n) is 3.84. The van der Waals surface area contributed by atoms with Gasteiger partial charge in [0.05, 0.1) is 12.2 Å². The zero-order valence-corrected chi connectivity index (χ0v) is 11.9. The van der Waals surface area contributed by atoms with Crippen molar-refractivity contribution in [3.05, 3.63) is 22.4 Å². The lowest BCUT2D eigenvalue weighted by Gasteiger charge is -2.14. The molecule has 0 aliphatic heterocycles. The highest BCUT2D eigenvalue weighted by molar-refractivity contribution is 7.99. The van der Waals surface area contributed by atoms with E-state index in [4.69, 9.17) is 5.11 Å². The molecule has 2 N–H and O–H groups in total. The molecule has 1 rings (SSSR count). The van der Waals surface area contributed by atoms with Gasteiger partial charge in [0, 0.05) is 16.7 Å². The Bertz CT molecular complexity index is 379. The van der Waals surface area contributed by atoms with Crippen molar-refractivity contribution >= 4 is 35.0 Å². The van der Waals surface area contributed by atoms with Crippen LogP contribution < -0.4 is 5.32 Å². The molecule has 0 bridgehead atoms. The summed E-state index contributed by atoms with van der Waals surface area (Å²) in [5.74, 6) is 0.215. The number of nitrogens with one attached hydrogen (secondary N) is 1. The van der Waals surface area contributed by atoms with Crippen molar-refractivity contribution in [2.45, 2.75) is 31.6 Å². The number of carboxylic acids is 1. The van der Waals surface area contributed by atoms with Crippen LogP contribution in [0.4, 0.5) is 0 Å². The molecule has 100 valence electrons. The van der Waals surface area contributed by atoms with Crippen LogP contribution in [0.25, 0.3) is 0 Å². The van der Waals surface area contributed by atoms with Gasteiger partial charge in [-0.05, 0) is 17.9 Å². The molecule has 6 heteroatoms. The van der Waals surface area contributed by atoms with E-state index < -0.39 is 5.97 Å². The molecule has 4 nitrogen and oxygen atoms in total. The molecule has 1 aromatic heterocycles. The Kier molecular flexibility index (Phi) is 6.82. The number of carbonyl (C=O) groups is 2. The first-order chi connectivity index (χ1) is 8.61. The van der Waals surface area contributed by atoms with Gasteiger partial charge in [0.1, 0.15) is 0 Å². The van der Waals surface area contributed by atoms with Crippen LogP contribution in [0.5, 0.6) is 0 Å². The van der Waals surface area contributed by atoms with E-state index in [2.05, 4.69) is 5.32 Å². The zero-order valence-electron chi connectivity index (χ0n) is 10.2. The van der Waals surface area contributed by atoms with Crippen molar-refractivity contribution in [1.29, 1.82) is 0 Å². The van der Waals surface area contributed by atoms with Gasteiger partial charge in [-0.3, -0.25) is 9.59 Å². The van der Waals surface area contributed by atoms with Gasteiger partial charge < -0.3 is 10.4 Å². The van der Waals surface area contributed by atoms with Gasteiger partial charge in [-0.15, -0.1) is 23.1 Å². The number of carbonyl (C=O) groups excluding carboxylic acids is 1. The van der Waals surface area contributed by atoms with Crippen LogP contribution in [0.3, 0.4) is 0 Å². The van der Waals surface area contributed by atoms with Crippen molar-refractivity contribution < 1.29 is 14.7 Å². The minimum Gasteiger partial charge on any atom is -0.481 e. The van der Waals surface area contributed by atoms with Crippen LogP contribution in [0.15, 0.2) is 17.5 Å². The van der Waals surface area contributed by atoms with E-state index in [0.717, 1.165) is 5.75 Å². The summed E-state index contributed by atoms with van der Waals surface area (Å²) in [5, 5.41) is 13.4. The number of aliphatic carboxylic acids is 1. The van der Waals surface area contributed by atoms with Crippen molar-refractivity contribution in [3.8, 4) is 0 Å². The molecule has 0 radical (unpaired) electrons. The van der Waals surface area contributed by atoms with E-state index in [-0.39, 0.29) is 18.4 Å². The van der Waals surface area contributed by atoms with Crippen LogP contribution in [0, 0.1) is 0 Å². The Morgan fingerprint density at radius 3 is 2.89 bits per heavy atom. The third kappa shape index (κ3) is 6.07. The van der Waals surface area contributed by atoms with Gasteiger partial charge in [0.25, 0.3) is 0 Å². The van der Waals surface area contributed by atoms with Gasteiger partial charge >= 0.3 is 5.97 Å². The summed E-state index contributed by atoms with van der Waals surface area (Å²) in [6, 6.07) is 3.76. The molecule has 1 amide bonds. The normalized spacial score (nSPS) is 12.1. The number of hydrogen-bond donors (Lipinski definition) is 2. The Balaban J connectivity index is 2.21. The highest BCUT2D eigenvalue weighted by atomic mass is 32.2. The Morgan fingerprint density at radius 2 is 2.33 bits per heavy atom. The highest BCUT2D eigenvalue weighted by Gasteiger charge is 2.13. The average molecular weight is 287 g/mol. The number of thioether (sulfide) groups is 1. The molecule has 18 heavy (non-hydrogen) atoms. The lowest BCUT2D eigenvalue weighted by molar-refractivity contribution is -0.137. The van der Waals surface area contributed by atoms with E-state index in [1.54, 1.807) is 23.1 Å². The average Bonchev–Trinajstić information content (AvgIpc) is 2.80. The first-order valence-corrected chi connectivity index (χ1v) is 7.76. The number of hydrogen-bond acceptors (Lipinski definition) is 4. The molecule has 0 aromatic carbocycles. The van der Waals surface area contributed by atoms with Crippen LogP contribution in [-0.2, 0) is 15.3 Å². The van der Waals surface area contributed by atoms with Gasteiger partial charge in [0.15, 0.2) is 0 Å². The fourth-order valence-corrected chi connectivity index (χ4v) is 3.10. The van der Waals surface area contributed by atoms with Crippen molar-refractivity contribution in [1.82, 2.24) is 5.32 Å². The molecule has 0 spiro atoms. The first-order valence-electron chi connectivity index (χ1n) is 5.73. The lowest BCUT2D eigenvalue weighted by Crippen LogP contribution is -2.37.